The molecule has 0 spiro atoms. The van der Waals surface area contributed by atoms with Gasteiger partial charge in [0, 0.05) is 23.8 Å². The van der Waals surface area contributed by atoms with E-state index in [2.05, 4.69) is 0 Å². The Labute approximate surface area is 121 Å². The molecule has 0 atom stereocenters. The Morgan fingerprint density at radius 1 is 1.45 bits per heavy atom. The van der Waals surface area contributed by atoms with E-state index in [-0.39, 0.29) is 5.75 Å². The second kappa shape index (κ2) is 7.44. The third kappa shape index (κ3) is 6.72. The zero-order chi connectivity index (χ0) is 15.2. The van der Waals surface area contributed by atoms with Crippen LogP contribution in [0.15, 0.2) is 24.3 Å². The molecule has 1 rings (SSSR count). The van der Waals surface area contributed by atoms with Crippen molar-refractivity contribution in [1.29, 1.82) is 0 Å². The quantitative estimate of drug-likeness (QED) is 0.616. The molecular weight excluding hydrogens is 303 g/mol. The maximum absolute atomic E-state index is 13.7. The number of carbonyl (C=O) groups is 1. The van der Waals surface area contributed by atoms with Gasteiger partial charge in [-0.15, -0.1) is 0 Å². The lowest BCUT2D eigenvalue weighted by Gasteiger charge is -2.04. The minimum atomic E-state index is -2.99. The molecule has 0 aliphatic heterocycles. The molecule has 0 radical (unpaired) electrons. The molecule has 0 saturated carbocycles. The summed E-state index contributed by atoms with van der Waals surface area (Å²) >= 11 is 1.34. The van der Waals surface area contributed by atoms with Crippen molar-refractivity contribution in [2.24, 2.45) is 0 Å². The Kier molecular flexibility index (Phi) is 6.22. The zero-order valence-corrected chi connectivity index (χ0v) is 12.5. The van der Waals surface area contributed by atoms with Gasteiger partial charge in [-0.2, -0.15) is 11.8 Å². The summed E-state index contributed by atoms with van der Waals surface area (Å²) in [6, 6.07) is 4.45. The molecular formula is C13H15FO4S2. The van der Waals surface area contributed by atoms with E-state index in [1.165, 1.54) is 23.9 Å². The molecule has 1 N–H and O–H groups in total. The minimum Gasteiger partial charge on any atom is -0.478 e. The third-order valence-electron chi connectivity index (χ3n) is 2.35. The molecule has 0 aliphatic carbocycles. The molecule has 1 aromatic carbocycles. The van der Waals surface area contributed by atoms with Crippen LogP contribution < -0.4 is 0 Å². The highest BCUT2D eigenvalue weighted by molar-refractivity contribution is 7.99. The predicted molar refractivity (Wildman–Crippen MR) is 78.9 cm³/mol. The Bertz CT molecular complexity index is 609. The van der Waals surface area contributed by atoms with Crippen LogP contribution in [-0.4, -0.2) is 37.3 Å². The largest absolute Gasteiger partial charge is 0.478 e. The average molecular weight is 318 g/mol. The number of carboxylic acids is 1. The van der Waals surface area contributed by atoms with Crippen LogP contribution in [0.1, 0.15) is 11.1 Å². The van der Waals surface area contributed by atoms with Crippen molar-refractivity contribution in [3.05, 3.63) is 41.2 Å². The van der Waals surface area contributed by atoms with Gasteiger partial charge in [-0.25, -0.2) is 17.6 Å². The zero-order valence-electron chi connectivity index (χ0n) is 10.9. The standard InChI is InChI=1S/C13H15FO4S2/c1-20(17,18)7-6-19-9-11-4-2-10(8-12(11)14)3-5-13(15)16/h2-5,8H,6-7,9H2,1H3,(H,15,16). The molecule has 0 saturated heterocycles. The summed E-state index contributed by atoms with van der Waals surface area (Å²) in [6.07, 6.45) is 3.42. The second-order valence-electron chi connectivity index (χ2n) is 4.20. The first kappa shape index (κ1) is 16.7. The number of hydrogen-bond acceptors (Lipinski definition) is 4. The molecule has 0 amide bonds. The highest BCUT2D eigenvalue weighted by Gasteiger charge is 2.05. The Balaban J connectivity index is 2.58. The highest BCUT2D eigenvalue weighted by Crippen LogP contribution is 2.18. The number of hydrogen-bond donors (Lipinski definition) is 1. The maximum Gasteiger partial charge on any atom is 0.328 e. The smallest absolute Gasteiger partial charge is 0.328 e. The van der Waals surface area contributed by atoms with Crippen molar-refractivity contribution in [2.45, 2.75) is 5.75 Å². The summed E-state index contributed by atoms with van der Waals surface area (Å²) in [5.41, 5.74) is 0.936. The molecule has 0 unspecified atom stereocenters. The first-order valence-corrected chi connectivity index (χ1v) is 8.94. The fourth-order valence-electron chi connectivity index (χ4n) is 1.34. The Hall–Kier alpha value is -1.34. The van der Waals surface area contributed by atoms with Gasteiger partial charge in [0.25, 0.3) is 0 Å². The number of aliphatic carboxylic acids is 1. The summed E-state index contributed by atoms with van der Waals surface area (Å²) in [5.74, 6) is -0.655. The van der Waals surface area contributed by atoms with Crippen LogP contribution >= 0.6 is 11.8 Å². The van der Waals surface area contributed by atoms with Crippen molar-refractivity contribution < 1.29 is 22.7 Å². The maximum atomic E-state index is 13.7. The van der Waals surface area contributed by atoms with E-state index in [4.69, 9.17) is 5.11 Å². The van der Waals surface area contributed by atoms with E-state index in [0.29, 0.717) is 22.6 Å². The molecule has 20 heavy (non-hydrogen) atoms. The van der Waals surface area contributed by atoms with Gasteiger partial charge in [0.1, 0.15) is 15.7 Å². The Morgan fingerprint density at radius 3 is 2.70 bits per heavy atom. The van der Waals surface area contributed by atoms with Crippen LogP contribution in [0.25, 0.3) is 6.08 Å². The van der Waals surface area contributed by atoms with Gasteiger partial charge in [0.05, 0.1) is 5.75 Å². The van der Waals surface area contributed by atoms with E-state index in [1.54, 1.807) is 12.1 Å². The fourth-order valence-corrected chi connectivity index (χ4v) is 3.62. The van der Waals surface area contributed by atoms with Crippen molar-refractivity contribution in [3.8, 4) is 0 Å². The fraction of sp³-hybridized carbons (Fsp3) is 0.308. The highest BCUT2D eigenvalue weighted by atomic mass is 32.2. The monoisotopic (exact) mass is 318 g/mol. The average Bonchev–Trinajstić information content (AvgIpc) is 2.32. The third-order valence-corrected chi connectivity index (χ3v) is 4.56. The van der Waals surface area contributed by atoms with Crippen LogP contribution in [-0.2, 0) is 20.4 Å². The van der Waals surface area contributed by atoms with E-state index in [1.807, 2.05) is 0 Å². The van der Waals surface area contributed by atoms with Gasteiger partial charge in [-0.05, 0) is 23.3 Å². The van der Waals surface area contributed by atoms with E-state index in [9.17, 15) is 17.6 Å². The molecule has 1 aromatic rings. The predicted octanol–water partition coefficient (Wildman–Crippen LogP) is 2.20. The van der Waals surface area contributed by atoms with Gasteiger partial charge < -0.3 is 5.11 Å². The topological polar surface area (TPSA) is 71.4 Å². The molecule has 7 heteroatoms. The van der Waals surface area contributed by atoms with Crippen LogP contribution in [0.4, 0.5) is 4.39 Å². The molecule has 0 bridgehead atoms. The van der Waals surface area contributed by atoms with Gasteiger partial charge in [0.15, 0.2) is 0 Å². The number of halogens is 1. The summed E-state index contributed by atoms with van der Waals surface area (Å²) in [4.78, 5) is 10.3. The molecule has 110 valence electrons. The number of benzene rings is 1. The van der Waals surface area contributed by atoms with E-state index in [0.717, 1.165) is 12.3 Å². The van der Waals surface area contributed by atoms with Crippen molar-refractivity contribution in [3.63, 3.8) is 0 Å². The number of carboxylic acid groups (broad SMARTS) is 1. The summed E-state index contributed by atoms with van der Waals surface area (Å²) in [6.45, 7) is 0. The lowest BCUT2D eigenvalue weighted by atomic mass is 10.1. The first-order chi connectivity index (χ1) is 9.28. The summed E-state index contributed by atoms with van der Waals surface area (Å²) in [5, 5.41) is 8.47. The lowest BCUT2D eigenvalue weighted by molar-refractivity contribution is -0.131. The molecule has 0 fully saturated rings. The lowest BCUT2D eigenvalue weighted by Crippen LogP contribution is -2.05. The van der Waals surface area contributed by atoms with Gasteiger partial charge >= 0.3 is 5.97 Å². The van der Waals surface area contributed by atoms with Crippen molar-refractivity contribution in [1.82, 2.24) is 0 Å². The minimum absolute atomic E-state index is 0.0682. The summed E-state index contributed by atoms with van der Waals surface area (Å²) < 4.78 is 35.6. The number of rotatable bonds is 7. The van der Waals surface area contributed by atoms with Crippen LogP contribution in [0.5, 0.6) is 0 Å². The van der Waals surface area contributed by atoms with Gasteiger partial charge in [0.2, 0.25) is 0 Å². The van der Waals surface area contributed by atoms with Gasteiger partial charge in [-0.1, -0.05) is 12.1 Å². The molecule has 0 aromatic heterocycles. The van der Waals surface area contributed by atoms with Crippen LogP contribution in [0.2, 0.25) is 0 Å². The Morgan fingerprint density at radius 2 is 2.15 bits per heavy atom. The second-order valence-corrected chi connectivity index (χ2v) is 7.57. The number of sulfone groups is 1. The van der Waals surface area contributed by atoms with Crippen molar-refractivity contribution in [2.75, 3.05) is 17.8 Å². The van der Waals surface area contributed by atoms with Crippen LogP contribution in [0, 0.1) is 5.82 Å². The molecule has 4 nitrogen and oxygen atoms in total. The molecule has 0 aliphatic rings. The first-order valence-electron chi connectivity index (χ1n) is 5.73. The van der Waals surface area contributed by atoms with Crippen molar-refractivity contribution >= 4 is 33.6 Å². The SMILES string of the molecule is CS(=O)(=O)CCSCc1ccc(C=CC(=O)O)cc1F. The number of thioether (sulfide) groups is 1. The normalized spacial score (nSPS) is 11.9. The van der Waals surface area contributed by atoms with E-state index < -0.39 is 21.6 Å². The van der Waals surface area contributed by atoms with Crippen LogP contribution in [0.3, 0.4) is 0 Å². The van der Waals surface area contributed by atoms with Gasteiger partial charge in [-0.3, -0.25) is 0 Å². The summed E-state index contributed by atoms with van der Waals surface area (Å²) in [7, 11) is -2.99. The molecule has 0 heterocycles. The van der Waals surface area contributed by atoms with E-state index >= 15 is 0 Å².